The van der Waals surface area contributed by atoms with Crippen LogP contribution in [0.3, 0.4) is 0 Å². The third-order valence-electron chi connectivity index (χ3n) is 11.0. The number of hydrogen-bond donors (Lipinski definition) is 4. The molecule has 0 radical (unpaired) electrons. The first kappa shape index (κ1) is 35.7. The lowest BCUT2D eigenvalue weighted by Gasteiger charge is -2.36. The van der Waals surface area contributed by atoms with Crippen molar-refractivity contribution >= 4 is 23.8 Å². The van der Waals surface area contributed by atoms with Crippen molar-refractivity contribution < 1.29 is 38.9 Å². The van der Waals surface area contributed by atoms with Gasteiger partial charge in [-0.25, -0.2) is 0 Å². The van der Waals surface area contributed by atoms with E-state index in [1.54, 1.807) is 0 Å². The van der Waals surface area contributed by atoms with E-state index in [9.17, 15) is 29.4 Å². The molecule has 0 aromatic rings. The number of nitrogens with one attached hydrogen (secondary N) is 2. The van der Waals surface area contributed by atoms with Gasteiger partial charge in [0, 0.05) is 17.5 Å². The number of aliphatic carboxylic acids is 2. The van der Waals surface area contributed by atoms with Gasteiger partial charge in [-0.3, -0.25) is 19.2 Å². The highest BCUT2D eigenvalue weighted by atomic mass is 16.5. The third kappa shape index (κ3) is 10.4. The van der Waals surface area contributed by atoms with Crippen LogP contribution in [0, 0.1) is 40.9 Å². The third-order valence-corrected chi connectivity index (χ3v) is 11.0. The fourth-order valence-corrected chi connectivity index (χ4v) is 8.03. The summed E-state index contributed by atoms with van der Waals surface area (Å²) in [6.07, 6.45) is 11.3. The van der Waals surface area contributed by atoms with Crippen LogP contribution in [0.1, 0.15) is 118 Å². The molecule has 0 aromatic carbocycles. The van der Waals surface area contributed by atoms with Gasteiger partial charge in [-0.15, -0.1) is 0 Å². The number of ether oxygens (including phenoxy) is 2. The van der Waals surface area contributed by atoms with E-state index in [0.29, 0.717) is 50.7 Å². The topological polar surface area (TPSA) is 151 Å². The highest BCUT2D eigenvalue weighted by Gasteiger charge is 2.40. The monoisotopic (exact) mass is 634 g/mol. The molecule has 4 fully saturated rings. The first-order chi connectivity index (χ1) is 21.3. The maximum atomic E-state index is 13.0. The van der Waals surface area contributed by atoms with E-state index in [0.717, 1.165) is 64.2 Å². The molecule has 2 amide bonds. The van der Waals surface area contributed by atoms with Crippen LogP contribution in [-0.4, -0.2) is 71.5 Å². The van der Waals surface area contributed by atoms with E-state index in [-0.39, 0.29) is 41.5 Å². The van der Waals surface area contributed by atoms with Crippen molar-refractivity contribution in [2.45, 2.75) is 142 Å². The van der Waals surface area contributed by atoms with Crippen LogP contribution in [0.25, 0.3) is 0 Å². The van der Waals surface area contributed by atoms with E-state index in [1.165, 1.54) is 0 Å². The predicted octanol–water partition coefficient (Wildman–Crippen LogP) is 5.17. The van der Waals surface area contributed by atoms with Crippen LogP contribution in [0.15, 0.2) is 0 Å². The first-order valence-electron chi connectivity index (χ1n) is 17.6. The number of amides is 2. The van der Waals surface area contributed by atoms with Crippen LogP contribution >= 0.6 is 0 Å². The molecule has 0 bridgehead atoms. The predicted molar refractivity (Wildman–Crippen MR) is 169 cm³/mol. The van der Waals surface area contributed by atoms with Gasteiger partial charge in [0.1, 0.15) is 0 Å². The van der Waals surface area contributed by atoms with E-state index in [2.05, 4.69) is 38.3 Å². The molecule has 256 valence electrons. The Kier molecular flexibility index (Phi) is 12.7. The van der Waals surface area contributed by atoms with Crippen LogP contribution in [0.5, 0.6) is 0 Å². The van der Waals surface area contributed by atoms with Gasteiger partial charge in [0.15, 0.2) is 0 Å². The zero-order chi connectivity index (χ0) is 32.7. The van der Waals surface area contributed by atoms with Crippen molar-refractivity contribution in [3.05, 3.63) is 0 Å². The summed E-state index contributed by atoms with van der Waals surface area (Å²) < 4.78 is 12.6. The second-order valence-corrected chi connectivity index (χ2v) is 15.7. The zero-order valence-electron chi connectivity index (χ0n) is 27.9. The van der Waals surface area contributed by atoms with E-state index in [1.807, 2.05) is 0 Å². The quantitative estimate of drug-likeness (QED) is 0.229. The van der Waals surface area contributed by atoms with Gasteiger partial charge in [-0.1, -0.05) is 27.7 Å². The van der Waals surface area contributed by atoms with Gasteiger partial charge in [-0.05, 0) is 102 Å². The molecule has 4 N–H and O–H groups in total. The number of carbonyl (C=O) groups is 4. The second kappa shape index (κ2) is 16.1. The Morgan fingerprint density at radius 3 is 1.27 bits per heavy atom. The van der Waals surface area contributed by atoms with Crippen LogP contribution < -0.4 is 10.6 Å². The van der Waals surface area contributed by atoms with Gasteiger partial charge in [0.2, 0.25) is 11.8 Å². The molecule has 0 spiro atoms. The molecule has 0 aromatic heterocycles. The molecule has 45 heavy (non-hydrogen) atoms. The Morgan fingerprint density at radius 1 is 0.578 bits per heavy atom. The van der Waals surface area contributed by atoms with Crippen molar-refractivity contribution in [1.29, 1.82) is 0 Å². The van der Waals surface area contributed by atoms with Gasteiger partial charge >= 0.3 is 11.9 Å². The van der Waals surface area contributed by atoms with Crippen LogP contribution in [-0.2, 0) is 28.7 Å². The molecule has 4 aliphatic rings. The average Bonchev–Trinajstić information content (AvgIpc) is 3.00. The lowest BCUT2D eigenvalue weighted by molar-refractivity contribution is -0.150. The highest BCUT2D eigenvalue weighted by Crippen LogP contribution is 2.36. The molecule has 6 atom stereocenters. The Labute approximate surface area is 269 Å². The van der Waals surface area contributed by atoms with Gasteiger partial charge in [-0.2, -0.15) is 0 Å². The normalized spacial score (nSPS) is 36.1. The lowest BCUT2D eigenvalue weighted by Crippen LogP contribution is -2.47. The summed E-state index contributed by atoms with van der Waals surface area (Å²) in [6, 6.07) is 0.148. The largest absolute Gasteiger partial charge is 0.481 e. The van der Waals surface area contributed by atoms with Crippen molar-refractivity contribution in [2.24, 2.45) is 40.9 Å². The smallest absolute Gasteiger partial charge is 0.307 e. The summed E-state index contributed by atoms with van der Waals surface area (Å²) in [5.74, 6) is -3.19. The van der Waals surface area contributed by atoms with Gasteiger partial charge < -0.3 is 30.3 Å². The summed E-state index contributed by atoms with van der Waals surface area (Å²) in [6.45, 7) is 9.67. The molecule has 10 nitrogen and oxygen atoms in total. The average molecular weight is 635 g/mol. The molecule has 0 saturated heterocycles. The standard InChI is InChI=1S/C35H58N2O8/c1-21-5-15-27(33(40)41)29(17-21)31(38)36-23-7-11-25(12-8-23)44-19-35(3,4)20-45-26-13-9-24(10-14-26)37-32(39)30-18-22(2)6-16-28(30)34(42)43/h21-30H,5-20H2,1-4H3,(H,36,38)(H,37,39)(H,40,41)(H,42,43). The summed E-state index contributed by atoms with van der Waals surface area (Å²) >= 11 is 0. The van der Waals surface area contributed by atoms with Crippen molar-refractivity contribution in [3.63, 3.8) is 0 Å². The maximum Gasteiger partial charge on any atom is 0.307 e. The van der Waals surface area contributed by atoms with E-state index in [4.69, 9.17) is 9.47 Å². The molecular weight excluding hydrogens is 576 g/mol. The zero-order valence-corrected chi connectivity index (χ0v) is 27.9. The Balaban J connectivity index is 1.11. The molecule has 10 heteroatoms. The fraction of sp³-hybridized carbons (Fsp3) is 0.886. The summed E-state index contributed by atoms with van der Waals surface area (Å²) in [4.78, 5) is 49.4. The maximum absolute atomic E-state index is 13.0. The van der Waals surface area contributed by atoms with Gasteiger partial charge in [0.25, 0.3) is 0 Å². The molecule has 4 rings (SSSR count). The van der Waals surface area contributed by atoms with E-state index < -0.39 is 35.6 Å². The Bertz CT molecular complexity index is 939. The molecule has 4 saturated carbocycles. The first-order valence-corrected chi connectivity index (χ1v) is 17.6. The number of carboxylic acids is 2. The SMILES string of the molecule is CC1CCC(C(=O)O)C(C(=O)NC2CCC(OCC(C)(C)COC3CCC(NC(=O)C4CC(C)CCC4C(=O)O)CC3)CC2)C1. The van der Waals surface area contributed by atoms with Crippen molar-refractivity contribution in [2.75, 3.05) is 13.2 Å². The highest BCUT2D eigenvalue weighted by molar-refractivity contribution is 5.85. The lowest BCUT2D eigenvalue weighted by atomic mass is 9.74. The van der Waals surface area contributed by atoms with Crippen LogP contribution in [0.2, 0.25) is 0 Å². The summed E-state index contributed by atoms with van der Waals surface area (Å²) in [7, 11) is 0. The minimum absolute atomic E-state index is 0.0742. The minimum Gasteiger partial charge on any atom is -0.481 e. The minimum atomic E-state index is -0.858. The number of carboxylic acid groups (broad SMARTS) is 2. The number of carbonyl (C=O) groups excluding carboxylic acids is 2. The molecule has 0 heterocycles. The van der Waals surface area contributed by atoms with Crippen molar-refractivity contribution in [1.82, 2.24) is 10.6 Å². The van der Waals surface area contributed by atoms with Crippen molar-refractivity contribution in [3.8, 4) is 0 Å². The van der Waals surface area contributed by atoms with Gasteiger partial charge in [0.05, 0.1) is 49.1 Å². The summed E-state index contributed by atoms with van der Waals surface area (Å²) in [5, 5.41) is 25.5. The Hall–Kier alpha value is -2.20. The number of hydrogen-bond acceptors (Lipinski definition) is 6. The molecule has 0 aliphatic heterocycles. The fourth-order valence-electron chi connectivity index (χ4n) is 8.03. The van der Waals surface area contributed by atoms with E-state index >= 15 is 0 Å². The number of rotatable bonds is 12. The summed E-state index contributed by atoms with van der Waals surface area (Å²) in [5.41, 5.74) is -0.150. The molecular formula is C35H58N2O8. The molecule has 4 aliphatic carbocycles. The van der Waals surface area contributed by atoms with Crippen LogP contribution in [0.4, 0.5) is 0 Å². The second-order valence-electron chi connectivity index (χ2n) is 15.7. The Morgan fingerprint density at radius 2 is 0.933 bits per heavy atom. The molecule has 6 unspecified atom stereocenters.